The number of guanidine groups is 1. The maximum absolute atomic E-state index is 11.3. The molecule has 1 aliphatic rings. The van der Waals surface area contributed by atoms with E-state index >= 15 is 0 Å². The van der Waals surface area contributed by atoms with Gasteiger partial charge in [0.15, 0.2) is 5.96 Å². The molecular weight excluding hydrogens is 364 g/mol. The summed E-state index contributed by atoms with van der Waals surface area (Å²) in [5.74, 6) is 1.90. The van der Waals surface area contributed by atoms with Crippen molar-refractivity contribution in [3.8, 4) is 0 Å². The topological polar surface area (TPSA) is 86.8 Å². The standard InChI is InChI=1S/C22H32N6O/c1-4-24-22(28-11-7-8-16(15-28)12-20(23)29)25-14-17-13-21(27(2)3)26-19-10-6-5-9-18(17)19/h5-6,9-10,13,16H,4,7-8,11-12,14-15H2,1-3H3,(H2,23,29)(H,24,25). The highest BCUT2D eigenvalue weighted by molar-refractivity contribution is 5.85. The van der Waals surface area contributed by atoms with E-state index in [2.05, 4.69) is 29.3 Å². The normalized spacial score (nSPS) is 17.4. The van der Waals surface area contributed by atoms with Crippen molar-refractivity contribution in [2.24, 2.45) is 16.6 Å². The van der Waals surface area contributed by atoms with Gasteiger partial charge in [-0.3, -0.25) is 4.79 Å². The van der Waals surface area contributed by atoms with Gasteiger partial charge >= 0.3 is 0 Å². The van der Waals surface area contributed by atoms with Gasteiger partial charge in [0.05, 0.1) is 12.1 Å². The van der Waals surface area contributed by atoms with Gasteiger partial charge in [-0.2, -0.15) is 0 Å². The SMILES string of the molecule is CCNC(=NCc1cc(N(C)C)nc2ccccc12)N1CCCC(CC(N)=O)C1. The molecule has 0 aliphatic carbocycles. The first kappa shape index (κ1) is 20.9. The van der Waals surface area contributed by atoms with Crippen molar-refractivity contribution >= 4 is 28.6 Å². The van der Waals surface area contributed by atoms with Gasteiger partial charge in [-0.1, -0.05) is 18.2 Å². The van der Waals surface area contributed by atoms with Gasteiger partial charge in [-0.25, -0.2) is 9.98 Å². The van der Waals surface area contributed by atoms with Crippen LogP contribution in [0.15, 0.2) is 35.3 Å². The second-order valence-electron chi connectivity index (χ2n) is 7.85. The maximum Gasteiger partial charge on any atom is 0.217 e. The lowest BCUT2D eigenvalue weighted by Crippen LogP contribution is -2.47. The van der Waals surface area contributed by atoms with Crippen LogP contribution in [0.1, 0.15) is 31.7 Å². The van der Waals surface area contributed by atoms with Crippen LogP contribution in [-0.2, 0) is 11.3 Å². The Morgan fingerprint density at radius 3 is 2.90 bits per heavy atom. The van der Waals surface area contributed by atoms with Gasteiger partial charge < -0.3 is 20.9 Å². The second kappa shape index (κ2) is 9.58. The summed E-state index contributed by atoms with van der Waals surface area (Å²) < 4.78 is 0. The monoisotopic (exact) mass is 396 g/mol. The summed E-state index contributed by atoms with van der Waals surface area (Å²) in [5.41, 5.74) is 7.55. The molecule has 2 aromatic rings. The number of rotatable bonds is 6. The first-order valence-corrected chi connectivity index (χ1v) is 10.4. The molecule has 7 nitrogen and oxygen atoms in total. The number of pyridine rings is 1. The van der Waals surface area contributed by atoms with Gasteiger partial charge in [0, 0.05) is 45.5 Å². The molecule has 3 N–H and O–H groups in total. The smallest absolute Gasteiger partial charge is 0.217 e. The van der Waals surface area contributed by atoms with Crippen molar-refractivity contribution in [1.29, 1.82) is 0 Å². The van der Waals surface area contributed by atoms with Crippen molar-refractivity contribution in [2.75, 3.05) is 38.6 Å². The molecule has 1 amide bonds. The Kier molecular flexibility index (Phi) is 6.90. The molecule has 0 spiro atoms. The number of aromatic nitrogens is 1. The van der Waals surface area contributed by atoms with E-state index in [1.54, 1.807) is 0 Å². The van der Waals surface area contributed by atoms with Crippen LogP contribution in [0.3, 0.4) is 0 Å². The number of carbonyl (C=O) groups excluding carboxylic acids is 1. The molecule has 156 valence electrons. The molecule has 1 aromatic heterocycles. The Morgan fingerprint density at radius 2 is 2.17 bits per heavy atom. The van der Waals surface area contributed by atoms with Crippen LogP contribution < -0.4 is 16.0 Å². The number of carbonyl (C=O) groups is 1. The van der Waals surface area contributed by atoms with Gasteiger partial charge in [-0.15, -0.1) is 0 Å². The maximum atomic E-state index is 11.3. The number of benzene rings is 1. The van der Waals surface area contributed by atoms with E-state index in [0.29, 0.717) is 18.9 Å². The lowest BCUT2D eigenvalue weighted by Gasteiger charge is -2.34. The van der Waals surface area contributed by atoms with Crippen molar-refractivity contribution < 1.29 is 4.79 Å². The number of likely N-dealkylation sites (tertiary alicyclic amines) is 1. The predicted molar refractivity (Wildman–Crippen MR) is 119 cm³/mol. The molecule has 1 fully saturated rings. The molecule has 2 heterocycles. The highest BCUT2D eigenvalue weighted by Gasteiger charge is 2.23. The summed E-state index contributed by atoms with van der Waals surface area (Å²) in [6.07, 6.45) is 2.53. The van der Waals surface area contributed by atoms with E-state index in [1.165, 1.54) is 0 Å². The molecule has 1 saturated heterocycles. The number of anilines is 1. The quantitative estimate of drug-likeness (QED) is 0.578. The van der Waals surface area contributed by atoms with Crippen LogP contribution in [0.2, 0.25) is 0 Å². The van der Waals surface area contributed by atoms with Gasteiger partial charge in [-0.05, 0) is 43.4 Å². The Balaban J connectivity index is 1.86. The van der Waals surface area contributed by atoms with Crippen LogP contribution in [0, 0.1) is 5.92 Å². The number of fused-ring (bicyclic) bond motifs is 1. The molecule has 1 aliphatic heterocycles. The molecule has 0 bridgehead atoms. The zero-order valence-electron chi connectivity index (χ0n) is 17.7. The third-order valence-electron chi connectivity index (χ3n) is 5.29. The highest BCUT2D eigenvalue weighted by atomic mass is 16.1. The Bertz CT molecular complexity index is 879. The summed E-state index contributed by atoms with van der Waals surface area (Å²) in [5, 5.41) is 4.54. The third kappa shape index (κ3) is 5.37. The number of nitrogens with one attached hydrogen (secondary N) is 1. The number of nitrogens with zero attached hydrogens (tertiary/aromatic N) is 4. The molecule has 1 atom stereocenters. The number of hydrogen-bond donors (Lipinski definition) is 2. The lowest BCUT2D eigenvalue weighted by molar-refractivity contribution is -0.119. The summed E-state index contributed by atoms with van der Waals surface area (Å²) >= 11 is 0. The van der Waals surface area contributed by atoms with Crippen LogP contribution in [0.5, 0.6) is 0 Å². The fraction of sp³-hybridized carbons (Fsp3) is 0.500. The summed E-state index contributed by atoms with van der Waals surface area (Å²) in [7, 11) is 4.00. The van der Waals surface area contributed by atoms with Gasteiger partial charge in [0.1, 0.15) is 5.82 Å². The summed E-state index contributed by atoms with van der Waals surface area (Å²) in [4.78, 5) is 25.3. The molecule has 0 radical (unpaired) electrons. The average molecular weight is 397 g/mol. The van der Waals surface area contributed by atoms with E-state index in [0.717, 1.165) is 60.7 Å². The third-order valence-corrected chi connectivity index (χ3v) is 5.29. The number of piperidine rings is 1. The van der Waals surface area contributed by atoms with E-state index in [1.807, 2.05) is 37.2 Å². The molecule has 29 heavy (non-hydrogen) atoms. The second-order valence-corrected chi connectivity index (χ2v) is 7.85. The molecule has 3 rings (SSSR count). The Morgan fingerprint density at radius 1 is 1.38 bits per heavy atom. The molecule has 0 saturated carbocycles. The van der Waals surface area contributed by atoms with Crippen LogP contribution in [-0.4, -0.2) is 55.5 Å². The van der Waals surface area contributed by atoms with Gasteiger partial charge in [0.2, 0.25) is 5.91 Å². The van der Waals surface area contributed by atoms with Crippen LogP contribution >= 0.6 is 0 Å². The first-order chi connectivity index (χ1) is 14.0. The van der Waals surface area contributed by atoms with Crippen molar-refractivity contribution in [3.05, 3.63) is 35.9 Å². The lowest BCUT2D eigenvalue weighted by atomic mass is 9.95. The van der Waals surface area contributed by atoms with Crippen molar-refractivity contribution in [1.82, 2.24) is 15.2 Å². The predicted octanol–water partition coefficient (Wildman–Crippen LogP) is 2.35. The average Bonchev–Trinajstić information content (AvgIpc) is 2.70. The number of para-hydroxylation sites is 1. The minimum Gasteiger partial charge on any atom is -0.370 e. The zero-order chi connectivity index (χ0) is 20.8. The Labute approximate surface area is 173 Å². The summed E-state index contributed by atoms with van der Waals surface area (Å²) in [6.45, 7) is 5.21. The van der Waals surface area contributed by atoms with E-state index < -0.39 is 0 Å². The minimum absolute atomic E-state index is 0.224. The van der Waals surface area contributed by atoms with E-state index in [9.17, 15) is 4.79 Å². The van der Waals surface area contributed by atoms with E-state index in [4.69, 9.17) is 15.7 Å². The molecule has 1 aromatic carbocycles. The van der Waals surface area contributed by atoms with E-state index in [-0.39, 0.29) is 5.91 Å². The largest absolute Gasteiger partial charge is 0.370 e. The minimum atomic E-state index is -0.224. The molecule has 7 heteroatoms. The number of hydrogen-bond acceptors (Lipinski definition) is 4. The fourth-order valence-corrected chi connectivity index (χ4v) is 3.89. The van der Waals surface area contributed by atoms with Crippen molar-refractivity contribution in [2.45, 2.75) is 32.7 Å². The number of amides is 1. The van der Waals surface area contributed by atoms with Crippen LogP contribution in [0.25, 0.3) is 10.9 Å². The van der Waals surface area contributed by atoms with Crippen LogP contribution in [0.4, 0.5) is 5.82 Å². The van der Waals surface area contributed by atoms with Crippen molar-refractivity contribution in [3.63, 3.8) is 0 Å². The fourth-order valence-electron chi connectivity index (χ4n) is 3.89. The number of primary amides is 1. The summed E-state index contributed by atoms with van der Waals surface area (Å²) in [6, 6.07) is 10.3. The number of aliphatic imine (C=N–C) groups is 1. The number of nitrogens with two attached hydrogens (primary N) is 1. The molecule has 1 unspecified atom stereocenters. The first-order valence-electron chi connectivity index (χ1n) is 10.4. The Hall–Kier alpha value is -2.83. The van der Waals surface area contributed by atoms with Gasteiger partial charge in [0.25, 0.3) is 0 Å². The molecular formula is C22H32N6O. The zero-order valence-corrected chi connectivity index (χ0v) is 17.7. The highest BCUT2D eigenvalue weighted by Crippen LogP contribution is 2.23.